The highest BCUT2D eigenvalue weighted by molar-refractivity contribution is 5.79. The number of rotatable bonds is 7. The van der Waals surface area contributed by atoms with Gasteiger partial charge in [0.2, 0.25) is 0 Å². The van der Waals surface area contributed by atoms with Crippen LogP contribution in [0.15, 0.2) is 48.5 Å². The number of aryl methyl sites for hydroxylation is 1. The van der Waals surface area contributed by atoms with Gasteiger partial charge in [0.05, 0.1) is 0 Å². The van der Waals surface area contributed by atoms with E-state index in [0.717, 1.165) is 24.0 Å². The summed E-state index contributed by atoms with van der Waals surface area (Å²) in [7, 11) is 0. The molecule has 0 aromatic heterocycles. The molecule has 2 aromatic carbocycles. The quantitative estimate of drug-likeness (QED) is 0.667. The summed E-state index contributed by atoms with van der Waals surface area (Å²) in [5.74, 6) is 0.0334. The molecule has 116 valence electrons. The van der Waals surface area contributed by atoms with Crippen LogP contribution in [0.1, 0.15) is 55.2 Å². The summed E-state index contributed by atoms with van der Waals surface area (Å²) in [5, 5.41) is 0. The fraction of sp³-hybridized carbons (Fsp3) is 0.350. The van der Waals surface area contributed by atoms with E-state index >= 15 is 0 Å². The Bertz CT molecular complexity index is 553. The van der Waals surface area contributed by atoms with Gasteiger partial charge in [-0.25, -0.2) is 4.39 Å². The highest BCUT2D eigenvalue weighted by Gasteiger charge is 2.18. The minimum Gasteiger partial charge on any atom is -0.300 e. The van der Waals surface area contributed by atoms with Crippen molar-refractivity contribution in [2.75, 3.05) is 0 Å². The highest BCUT2D eigenvalue weighted by Crippen LogP contribution is 2.29. The van der Waals surface area contributed by atoms with E-state index in [2.05, 4.69) is 31.2 Å². The Balaban J connectivity index is 2.25. The van der Waals surface area contributed by atoms with E-state index in [0.29, 0.717) is 12.8 Å². The van der Waals surface area contributed by atoms with Crippen LogP contribution in [0.4, 0.5) is 4.39 Å². The minimum atomic E-state index is -0.247. The smallest absolute Gasteiger partial charge is 0.133 e. The summed E-state index contributed by atoms with van der Waals surface area (Å²) < 4.78 is 13.2. The molecule has 1 unspecified atom stereocenters. The summed E-state index contributed by atoms with van der Waals surface area (Å²) in [6, 6.07) is 14.7. The number of ketones is 1. The average molecular weight is 298 g/mol. The molecule has 0 amide bonds. The van der Waals surface area contributed by atoms with Crippen molar-refractivity contribution in [2.45, 2.75) is 45.4 Å². The molecule has 2 heteroatoms. The van der Waals surface area contributed by atoms with Gasteiger partial charge in [-0.05, 0) is 36.6 Å². The van der Waals surface area contributed by atoms with Crippen molar-refractivity contribution in [3.05, 3.63) is 71.0 Å². The Hall–Kier alpha value is -1.96. The summed E-state index contributed by atoms with van der Waals surface area (Å²) in [5.41, 5.74) is 3.30. The normalized spacial score (nSPS) is 12.1. The van der Waals surface area contributed by atoms with Gasteiger partial charge in [0.25, 0.3) is 0 Å². The number of halogens is 1. The Kier molecular flexibility index (Phi) is 5.88. The number of benzene rings is 2. The van der Waals surface area contributed by atoms with Crippen molar-refractivity contribution in [1.29, 1.82) is 0 Å². The zero-order valence-electron chi connectivity index (χ0n) is 13.3. The Morgan fingerprint density at radius 1 is 1.00 bits per heavy atom. The molecule has 1 nitrogen and oxygen atoms in total. The maximum atomic E-state index is 13.2. The third kappa shape index (κ3) is 4.52. The molecule has 0 heterocycles. The van der Waals surface area contributed by atoms with Gasteiger partial charge in [-0.15, -0.1) is 0 Å². The van der Waals surface area contributed by atoms with Crippen molar-refractivity contribution in [2.24, 2.45) is 0 Å². The first-order valence-electron chi connectivity index (χ1n) is 7.94. The Morgan fingerprint density at radius 2 is 1.55 bits per heavy atom. The lowest BCUT2D eigenvalue weighted by Gasteiger charge is -2.18. The fourth-order valence-electron chi connectivity index (χ4n) is 2.63. The van der Waals surface area contributed by atoms with Crippen LogP contribution < -0.4 is 0 Å². The third-order valence-electron chi connectivity index (χ3n) is 3.99. The SMILES string of the molecule is CCCCC(=O)CC(c1ccc(C)cc1)c1ccc(F)cc1. The molecule has 0 fully saturated rings. The first kappa shape index (κ1) is 16.4. The number of unbranched alkanes of at least 4 members (excludes halogenated alkanes) is 1. The van der Waals surface area contributed by atoms with E-state index < -0.39 is 0 Å². The molecule has 0 N–H and O–H groups in total. The lowest BCUT2D eigenvalue weighted by molar-refractivity contribution is -0.119. The van der Waals surface area contributed by atoms with Crippen LogP contribution in [-0.2, 0) is 4.79 Å². The maximum absolute atomic E-state index is 13.2. The molecule has 0 radical (unpaired) electrons. The van der Waals surface area contributed by atoms with Crippen LogP contribution in [-0.4, -0.2) is 5.78 Å². The van der Waals surface area contributed by atoms with Crippen LogP contribution in [0.2, 0.25) is 0 Å². The third-order valence-corrected chi connectivity index (χ3v) is 3.99. The molecule has 0 bridgehead atoms. The largest absolute Gasteiger partial charge is 0.300 e. The van der Waals surface area contributed by atoms with Crippen LogP contribution in [0.25, 0.3) is 0 Å². The van der Waals surface area contributed by atoms with Crippen LogP contribution >= 0.6 is 0 Å². The average Bonchev–Trinajstić information content (AvgIpc) is 2.52. The molecule has 1 atom stereocenters. The van der Waals surface area contributed by atoms with Crippen molar-refractivity contribution in [3.63, 3.8) is 0 Å². The lowest BCUT2D eigenvalue weighted by atomic mass is 9.86. The molecule has 0 aliphatic rings. The molecule has 0 saturated heterocycles. The van der Waals surface area contributed by atoms with E-state index in [-0.39, 0.29) is 17.5 Å². The van der Waals surface area contributed by atoms with Gasteiger partial charge in [-0.3, -0.25) is 4.79 Å². The number of Topliss-reactive ketones (excluding diaryl/α,β-unsaturated/α-hetero) is 1. The second-order valence-electron chi connectivity index (χ2n) is 5.86. The number of carbonyl (C=O) groups excluding carboxylic acids is 1. The number of hydrogen-bond donors (Lipinski definition) is 0. The molecule has 0 aliphatic carbocycles. The predicted molar refractivity (Wildman–Crippen MR) is 88.6 cm³/mol. The topological polar surface area (TPSA) is 17.1 Å². The summed E-state index contributed by atoms with van der Waals surface area (Å²) in [6.07, 6.45) is 3.06. The summed E-state index contributed by atoms with van der Waals surface area (Å²) >= 11 is 0. The van der Waals surface area contributed by atoms with Gasteiger partial charge in [-0.1, -0.05) is 55.3 Å². The molecule has 0 aliphatic heterocycles. The molecular weight excluding hydrogens is 275 g/mol. The van der Waals surface area contributed by atoms with E-state index in [1.807, 2.05) is 6.92 Å². The van der Waals surface area contributed by atoms with Crippen LogP contribution in [0, 0.1) is 12.7 Å². The number of hydrogen-bond acceptors (Lipinski definition) is 1. The highest BCUT2D eigenvalue weighted by atomic mass is 19.1. The second-order valence-corrected chi connectivity index (χ2v) is 5.86. The van der Waals surface area contributed by atoms with Gasteiger partial charge < -0.3 is 0 Å². The lowest BCUT2D eigenvalue weighted by Crippen LogP contribution is -2.09. The fourth-order valence-corrected chi connectivity index (χ4v) is 2.63. The van der Waals surface area contributed by atoms with Crippen molar-refractivity contribution >= 4 is 5.78 Å². The molecule has 22 heavy (non-hydrogen) atoms. The molecule has 2 aromatic rings. The van der Waals surface area contributed by atoms with E-state index in [1.54, 1.807) is 12.1 Å². The Morgan fingerprint density at radius 3 is 2.09 bits per heavy atom. The summed E-state index contributed by atoms with van der Waals surface area (Å²) in [4.78, 5) is 12.2. The first-order chi connectivity index (χ1) is 10.6. The van der Waals surface area contributed by atoms with Gasteiger partial charge in [-0.2, -0.15) is 0 Å². The maximum Gasteiger partial charge on any atom is 0.133 e. The second kappa shape index (κ2) is 7.88. The minimum absolute atomic E-state index is 0.00514. The van der Waals surface area contributed by atoms with E-state index in [9.17, 15) is 9.18 Å². The van der Waals surface area contributed by atoms with E-state index in [4.69, 9.17) is 0 Å². The monoisotopic (exact) mass is 298 g/mol. The van der Waals surface area contributed by atoms with Gasteiger partial charge in [0.1, 0.15) is 11.6 Å². The number of carbonyl (C=O) groups is 1. The van der Waals surface area contributed by atoms with Crippen molar-refractivity contribution in [3.8, 4) is 0 Å². The Labute approximate surface area is 132 Å². The van der Waals surface area contributed by atoms with Crippen molar-refractivity contribution < 1.29 is 9.18 Å². The van der Waals surface area contributed by atoms with Gasteiger partial charge in [0, 0.05) is 18.8 Å². The zero-order valence-corrected chi connectivity index (χ0v) is 13.3. The standard InChI is InChI=1S/C20H23FO/c1-3-4-5-19(22)14-20(16-8-6-15(2)7-9-16)17-10-12-18(21)13-11-17/h6-13,20H,3-5,14H2,1-2H3. The van der Waals surface area contributed by atoms with E-state index in [1.165, 1.54) is 17.7 Å². The summed E-state index contributed by atoms with van der Waals surface area (Å²) in [6.45, 7) is 4.13. The van der Waals surface area contributed by atoms with Crippen molar-refractivity contribution in [1.82, 2.24) is 0 Å². The van der Waals surface area contributed by atoms with Crippen LogP contribution in [0.5, 0.6) is 0 Å². The van der Waals surface area contributed by atoms with Gasteiger partial charge in [0.15, 0.2) is 0 Å². The predicted octanol–water partition coefficient (Wildman–Crippen LogP) is 5.42. The molecule has 2 rings (SSSR count). The first-order valence-corrected chi connectivity index (χ1v) is 7.94. The van der Waals surface area contributed by atoms with Crippen LogP contribution in [0.3, 0.4) is 0 Å². The van der Waals surface area contributed by atoms with Gasteiger partial charge >= 0.3 is 0 Å². The molecule has 0 spiro atoms. The molecule has 0 saturated carbocycles. The molecular formula is C20H23FO. The zero-order chi connectivity index (χ0) is 15.9.